The third-order valence-electron chi connectivity index (χ3n) is 3.57. The molecular weight excluding hydrogens is 350 g/mol. The van der Waals surface area contributed by atoms with Gasteiger partial charge in [-0.05, 0) is 53.4 Å². The van der Waals surface area contributed by atoms with Gasteiger partial charge in [-0.3, -0.25) is 0 Å². The molecule has 21 heavy (non-hydrogen) atoms. The van der Waals surface area contributed by atoms with Crippen molar-refractivity contribution >= 4 is 38.8 Å². The van der Waals surface area contributed by atoms with E-state index < -0.39 is 0 Å². The highest BCUT2D eigenvalue weighted by molar-refractivity contribution is 9.10. The summed E-state index contributed by atoms with van der Waals surface area (Å²) in [6, 6.07) is 8.60. The summed E-state index contributed by atoms with van der Waals surface area (Å²) in [5, 5.41) is 16.4. The Kier molecular flexibility index (Phi) is 4.17. The van der Waals surface area contributed by atoms with Gasteiger partial charge in [0.25, 0.3) is 0 Å². The molecule has 4 nitrogen and oxygen atoms in total. The zero-order valence-corrected chi connectivity index (χ0v) is 13.8. The molecule has 110 valence electrons. The first-order valence-electron chi connectivity index (χ1n) is 6.74. The third-order valence-corrected chi connectivity index (χ3v) is 4.80. The van der Waals surface area contributed by atoms with Crippen LogP contribution in [-0.4, -0.2) is 17.1 Å². The molecule has 1 aromatic heterocycles. The fourth-order valence-corrected chi connectivity index (χ4v) is 3.42. The van der Waals surface area contributed by atoms with E-state index in [4.69, 9.17) is 10.9 Å². The highest BCUT2D eigenvalue weighted by Crippen LogP contribution is 2.36. The van der Waals surface area contributed by atoms with Crippen LogP contribution in [0.3, 0.4) is 0 Å². The van der Waals surface area contributed by atoms with E-state index in [-0.39, 0.29) is 5.84 Å². The van der Waals surface area contributed by atoms with Crippen molar-refractivity contribution in [2.24, 2.45) is 10.9 Å². The summed E-state index contributed by atoms with van der Waals surface area (Å²) in [6.07, 6.45) is 2.38. The average Bonchev–Trinajstić information content (AvgIpc) is 3.21. The summed E-state index contributed by atoms with van der Waals surface area (Å²) in [5.74, 6) is 0.141. The van der Waals surface area contributed by atoms with Gasteiger partial charge in [-0.25, -0.2) is 0 Å². The fraction of sp³-hybridized carbons (Fsp3) is 0.267. The number of thiophene rings is 1. The van der Waals surface area contributed by atoms with Gasteiger partial charge in [0.05, 0.1) is 0 Å². The lowest BCUT2D eigenvalue weighted by Gasteiger charge is -2.26. The quantitative estimate of drug-likeness (QED) is 0.366. The van der Waals surface area contributed by atoms with Crippen LogP contribution in [0.1, 0.15) is 24.0 Å². The van der Waals surface area contributed by atoms with Gasteiger partial charge in [-0.15, -0.1) is 0 Å². The van der Waals surface area contributed by atoms with Crippen molar-refractivity contribution in [3.05, 3.63) is 50.6 Å². The van der Waals surface area contributed by atoms with Gasteiger partial charge in [0, 0.05) is 28.3 Å². The molecule has 0 spiro atoms. The number of halogens is 1. The van der Waals surface area contributed by atoms with Crippen LogP contribution in [0, 0.1) is 0 Å². The van der Waals surface area contributed by atoms with Crippen LogP contribution in [-0.2, 0) is 6.54 Å². The molecule has 1 saturated carbocycles. The fourth-order valence-electron chi connectivity index (χ4n) is 2.39. The Morgan fingerprint density at radius 1 is 1.43 bits per heavy atom. The van der Waals surface area contributed by atoms with Gasteiger partial charge in [0.2, 0.25) is 0 Å². The second-order valence-electron chi connectivity index (χ2n) is 5.14. The molecule has 0 amide bonds. The maximum Gasteiger partial charge on any atom is 0.172 e. The van der Waals surface area contributed by atoms with E-state index in [1.54, 1.807) is 11.3 Å². The Hall–Kier alpha value is -1.53. The Balaban J connectivity index is 1.99. The van der Waals surface area contributed by atoms with Gasteiger partial charge < -0.3 is 15.8 Å². The normalized spacial score (nSPS) is 15.2. The van der Waals surface area contributed by atoms with E-state index in [2.05, 4.69) is 42.8 Å². The lowest BCUT2D eigenvalue weighted by atomic mass is 10.1. The largest absolute Gasteiger partial charge is 0.409 e. The minimum absolute atomic E-state index is 0.141. The predicted molar refractivity (Wildman–Crippen MR) is 90.2 cm³/mol. The number of benzene rings is 1. The summed E-state index contributed by atoms with van der Waals surface area (Å²) in [6.45, 7) is 0.849. The van der Waals surface area contributed by atoms with Gasteiger partial charge in [0.1, 0.15) is 0 Å². The zero-order valence-electron chi connectivity index (χ0n) is 11.4. The van der Waals surface area contributed by atoms with E-state index in [0.717, 1.165) is 22.3 Å². The van der Waals surface area contributed by atoms with E-state index >= 15 is 0 Å². The molecule has 1 aliphatic rings. The number of nitrogens with two attached hydrogens (primary N) is 1. The molecule has 0 saturated heterocycles. The van der Waals surface area contributed by atoms with Crippen LogP contribution < -0.4 is 10.6 Å². The van der Waals surface area contributed by atoms with Crippen molar-refractivity contribution in [2.45, 2.75) is 25.4 Å². The number of amidine groups is 1. The van der Waals surface area contributed by atoms with Gasteiger partial charge in [-0.1, -0.05) is 21.1 Å². The standard InChI is InChI=1S/C15H16BrN3OS/c16-11-1-4-14(13(7-11)15(17)18-20)19(12-2-3-12)8-10-5-6-21-9-10/h1,4-7,9,12,20H,2-3,8H2,(H2,17,18). The Morgan fingerprint density at radius 2 is 2.24 bits per heavy atom. The van der Waals surface area contributed by atoms with Crippen molar-refractivity contribution in [3.63, 3.8) is 0 Å². The number of nitrogens with zero attached hydrogens (tertiary/aromatic N) is 2. The van der Waals surface area contributed by atoms with Crippen molar-refractivity contribution < 1.29 is 5.21 Å². The van der Waals surface area contributed by atoms with E-state index in [1.165, 1.54) is 18.4 Å². The molecule has 1 aromatic carbocycles. The monoisotopic (exact) mass is 365 g/mol. The van der Waals surface area contributed by atoms with Gasteiger partial charge in [-0.2, -0.15) is 11.3 Å². The van der Waals surface area contributed by atoms with Crippen LogP contribution >= 0.6 is 27.3 Å². The van der Waals surface area contributed by atoms with Crippen LogP contribution in [0.25, 0.3) is 0 Å². The molecule has 0 atom stereocenters. The molecule has 0 unspecified atom stereocenters. The van der Waals surface area contributed by atoms with Crippen LogP contribution in [0.5, 0.6) is 0 Å². The molecule has 0 aliphatic heterocycles. The lowest BCUT2D eigenvalue weighted by Crippen LogP contribution is -2.28. The zero-order chi connectivity index (χ0) is 14.8. The third kappa shape index (κ3) is 3.22. The smallest absolute Gasteiger partial charge is 0.172 e. The Morgan fingerprint density at radius 3 is 2.86 bits per heavy atom. The first kappa shape index (κ1) is 14.4. The lowest BCUT2D eigenvalue weighted by molar-refractivity contribution is 0.318. The van der Waals surface area contributed by atoms with Crippen LogP contribution in [0.15, 0.2) is 44.7 Å². The maximum atomic E-state index is 9.03. The molecule has 3 N–H and O–H groups in total. The SMILES string of the molecule is N/C(=N/O)c1cc(Br)ccc1N(Cc1ccsc1)C1CC1. The maximum absolute atomic E-state index is 9.03. The summed E-state index contributed by atoms with van der Waals surface area (Å²) in [5.41, 5.74) is 8.92. The highest BCUT2D eigenvalue weighted by atomic mass is 79.9. The molecule has 1 fully saturated rings. The van der Waals surface area contributed by atoms with E-state index in [1.807, 2.05) is 18.2 Å². The summed E-state index contributed by atoms with van der Waals surface area (Å²) < 4.78 is 0.916. The molecule has 3 rings (SSSR count). The first-order chi connectivity index (χ1) is 10.2. The van der Waals surface area contributed by atoms with Crippen molar-refractivity contribution in [1.29, 1.82) is 0 Å². The predicted octanol–water partition coefficient (Wildman–Crippen LogP) is 3.77. The second kappa shape index (κ2) is 6.07. The Labute approximate surface area is 136 Å². The summed E-state index contributed by atoms with van der Waals surface area (Å²) >= 11 is 5.15. The number of hydrogen-bond donors (Lipinski definition) is 2. The number of anilines is 1. The first-order valence-corrected chi connectivity index (χ1v) is 8.48. The van der Waals surface area contributed by atoms with Crippen molar-refractivity contribution in [1.82, 2.24) is 0 Å². The number of oxime groups is 1. The van der Waals surface area contributed by atoms with Crippen LogP contribution in [0.2, 0.25) is 0 Å². The summed E-state index contributed by atoms with van der Waals surface area (Å²) in [4.78, 5) is 2.35. The molecular formula is C15H16BrN3OS. The minimum Gasteiger partial charge on any atom is -0.409 e. The molecule has 1 heterocycles. The molecule has 0 radical (unpaired) electrons. The van der Waals surface area contributed by atoms with Gasteiger partial charge in [0.15, 0.2) is 5.84 Å². The second-order valence-corrected chi connectivity index (χ2v) is 6.83. The number of rotatable bonds is 5. The van der Waals surface area contributed by atoms with Crippen LogP contribution in [0.4, 0.5) is 5.69 Å². The van der Waals surface area contributed by atoms with Gasteiger partial charge >= 0.3 is 0 Å². The molecule has 1 aliphatic carbocycles. The Bertz CT molecular complexity index is 653. The molecule has 0 bridgehead atoms. The highest BCUT2D eigenvalue weighted by Gasteiger charge is 2.31. The minimum atomic E-state index is 0.141. The van der Waals surface area contributed by atoms with E-state index in [9.17, 15) is 0 Å². The van der Waals surface area contributed by atoms with Crippen molar-refractivity contribution in [3.8, 4) is 0 Å². The number of hydrogen-bond acceptors (Lipinski definition) is 4. The average molecular weight is 366 g/mol. The molecule has 6 heteroatoms. The topological polar surface area (TPSA) is 61.9 Å². The molecule has 2 aromatic rings. The van der Waals surface area contributed by atoms with Crippen molar-refractivity contribution in [2.75, 3.05) is 4.90 Å². The summed E-state index contributed by atoms with van der Waals surface area (Å²) in [7, 11) is 0. The van der Waals surface area contributed by atoms with E-state index in [0.29, 0.717) is 6.04 Å².